The van der Waals surface area contributed by atoms with Crippen molar-refractivity contribution in [1.82, 2.24) is 9.97 Å². The van der Waals surface area contributed by atoms with Crippen molar-refractivity contribution in [2.24, 2.45) is 0 Å². The van der Waals surface area contributed by atoms with Crippen LogP contribution in [0, 0.1) is 0 Å². The summed E-state index contributed by atoms with van der Waals surface area (Å²) in [4.78, 5) is 7.09. The lowest BCUT2D eigenvalue weighted by molar-refractivity contribution is 1.08. The van der Waals surface area contributed by atoms with E-state index in [0.29, 0.717) is 0 Å². The van der Waals surface area contributed by atoms with Gasteiger partial charge in [0, 0.05) is 0 Å². The van der Waals surface area contributed by atoms with Gasteiger partial charge in [0.1, 0.15) is 0 Å². The Balaban J connectivity index is 1.89. The minimum atomic E-state index is 0.814. The van der Waals surface area contributed by atoms with Crippen LogP contribution in [0.5, 0.6) is 0 Å². The zero-order valence-electron chi connectivity index (χ0n) is 7.36. The summed E-state index contributed by atoms with van der Waals surface area (Å²) in [7, 11) is 0. The number of benzene rings is 1. The number of imidazole rings is 1. The van der Waals surface area contributed by atoms with Crippen LogP contribution in [0.4, 0.5) is 17.3 Å². The Labute approximate surface area is 80.7 Å². The number of para-hydroxylation sites is 1. The van der Waals surface area contributed by atoms with Crippen LogP contribution in [0.15, 0.2) is 36.7 Å². The maximum atomic E-state index is 4.10. The predicted molar refractivity (Wildman–Crippen MR) is 54.8 cm³/mol. The molecule has 70 valence electrons. The first-order valence-corrected chi connectivity index (χ1v) is 4.35. The van der Waals surface area contributed by atoms with E-state index in [1.807, 2.05) is 35.4 Å². The second-order valence-electron chi connectivity index (χ2n) is 3.02. The first-order chi connectivity index (χ1) is 6.93. The maximum absolute atomic E-state index is 4.10. The number of aromatic amines is 1. The fraction of sp³-hybridized carbons (Fsp3) is 0. The highest BCUT2D eigenvalue weighted by Gasteiger charge is 2.19. The molecule has 0 amide bonds. The summed E-state index contributed by atoms with van der Waals surface area (Å²) in [5.74, 6) is 1.70. The Morgan fingerprint density at radius 3 is 2.71 bits per heavy atom. The summed E-state index contributed by atoms with van der Waals surface area (Å²) < 4.78 is 0. The molecule has 0 atom stereocenters. The van der Waals surface area contributed by atoms with Crippen LogP contribution in [0.3, 0.4) is 0 Å². The Kier molecular flexibility index (Phi) is 1.38. The molecule has 3 rings (SSSR count). The Hall–Kier alpha value is -2.17. The van der Waals surface area contributed by atoms with Gasteiger partial charge in [-0.25, -0.2) is 4.98 Å². The number of aromatic nitrogens is 2. The van der Waals surface area contributed by atoms with E-state index in [9.17, 15) is 0 Å². The van der Waals surface area contributed by atoms with Crippen molar-refractivity contribution < 1.29 is 0 Å². The summed E-state index contributed by atoms with van der Waals surface area (Å²) >= 11 is 0. The van der Waals surface area contributed by atoms with Gasteiger partial charge < -0.3 is 4.98 Å². The van der Waals surface area contributed by atoms with Gasteiger partial charge in [0.05, 0.1) is 12.0 Å². The van der Waals surface area contributed by atoms with Crippen molar-refractivity contribution in [2.75, 3.05) is 16.0 Å². The minimum absolute atomic E-state index is 0.814. The topological polar surface area (TPSA) is 56.0 Å². The molecule has 0 saturated heterocycles. The third-order valence-electron chi connectivity index (χ3n) is 2.10. The molecule has 0 saturated carbocycles. The molecule has 5 nitrogen and oxygen atoms in total. The molecule has 0 fully saturated rings. The predicted octanol–water partition coefficient (Wildman–Crippen LogP) is 1.58. The number of hydrogen-bond donors (Lipinski definition) is 3. The van der Waals surface area contributed by atoms with E-state index in [4.69, 9.17) is 0 Å². The van der Waals surface area contributed by atoms with E-state index in [1.165, 1.54) is 0 Å². The highest BCUT2D eigenvalue weighted by molar-refractivity contribution is 5.72. The van der Waals surface area contributed by atoms with E-state index >= 15 is 0 Å². The van der Waals surface area contributed by atoms with Gasteiger partial charge in [0.2, 0.25) is 0 Å². The van der Waals surface area contributed by atoms with Gasteiger partial charge in [-0.1, -0.05) is 18.2 Å². The van der Waals surface area contributed by atoms with Gasteiger partial charge in [0.25, 0.3) is 0 Å². The van der Waals surface area contributed by atoms with Crippen molar-refractivity contribution in [1.29, 1.82) is 0 Å². The lowest BCUT2D eigenvalue weighted by Gasteiger charge is -2.17. The average Bonchev–Trinajstić information content (AvgIpc) is 2.78. The Morgan fingerprint density at radius 1 is 1.07 bits per heavy atom. The molecule has 0 radical (unpaired) electrons. The first kappa shape index (κ1) is 7.25. The number of rotatable bonds is 1. The number of nitrogens with zero attached hydrogens (tertiary/aromatic N) is 2. The minimum Gasteiger partial charge on any atom is -0.328 e. The molecule has 1 aromatic carbocycles. The van der Waals surface area contributed by atoms with E-state index in [2.05, 4.69) is 20.8 Å². The van der Waals surface area contributed by atoms with Crippen LogP contribution in [0.25, 0.3) is 0 Å². The Bertz CT molecular complexity index is 415. The monoisotopic (exact) mass is 187 g/mol. The van der Waals surface area contributed by atoms with Gasteiger partial charge in [-0.2, -0.15) is 5.12 Å². The summed E-state index contributed by atoms with van der Waals surface area (Å²) in [5, 5.41) is 1.81. The quantitative estimate of drug-likeness (QED) is 0.634. The van der Waals surface area contributed by atoms with Crippen LogP contribution in [0.1, 0.15) is 0 Å². The summed E-state index contributed by atoms with van der Waals surface area (Å²) in [6.45, 7) is 0. The SMILES string of the molecule is c1ccc(N2Nc3nc[nH]c3N2)cc1. The van der Waals surface area contributed by atoms with Crippen molar-refractivity contribution >= 4 is 17.3 Å². The molecule has 0 bridgehead atoms. The van der Waals surface area contributed by atoms with E-state index in [-0.39, 0.29) is 0 Å². The van der Waals surface area contributed by atoms with E-state index in [1.54, 1.807) is 6.33 Å². The molecule has 1 aromatic heterocycles. The number of fused-ring (bicyclic) bond motifs is 1. The smallest absolute Gasteiger partial charge is 0.190 e. The zero-order valence-corrected chi connectivity index (χ0v) is 7.36. The van der Waals surface area contributed by atoms with Gasteiger partial charge >= 0.3 is 0 Å². The van der Waals surface area contributed by atoms with Crippen LogP contribution in [-0.2, 0) is 0 Å². The fourth-order valence-corrected chi connectivity index (χ4v) is 1.42. The highest BCUT2D eigenvalue weighted by atomic mass is 15.8. The molecule has 5 heteroatoms. The largest absolute Gasteiger partial charge is 0.328 e. The van der Waals surface area contributed by atoms with E-state index in [0.717, 1.165) is 17.3 Å². The standard InChI is InChI=1S/C9H9N5/c1-2-4-7(5-3-1)14-12-8-9(13-14)11-6-10-8/h1-6,12-13H,(H,10,11). The molecular formula is C9H9N5. The van der Waals surface area contributed by atoms with Crippen LogP contribution in [0.2, 0.25) is 0 Å². The number of hydrogen-bond acceptors (Lipinski definition) is 4. The maximum Gasteiger partial charge on any atom is 0.190 e. The lowest BCUT2D eigenvalue weighted by Crippen LogP contribution is -2.29. The third kappa shape index (κ3) is 0.990. The van der Waals surface area contributed by atoms with Gasteiger partial charge in [-0.3, -0.25) is 10.9 Å². The number of H-pyrrole nitrogens is 1. The second kappa shape index (κ2) is 2.66. The molecule has 2 heterocycles. The molecular weight excluding hydrogens is 178 g/mol. The fourth-order valence-electron chi connectivity index (χ4n) is 1.42. The molecule has 1 aliphatic heterocycles. The lowest BCUT2D eigenvalue weighted by atomic mass is 10.3. The molecule has 0 unspecified atom stereocenters. The molecule has 3 N–H and O–H groups in total. The third-order valence-corrected chi connectivity index (χ3v) is 2.10. The molecule has 14 heavy (non-hydrogen) atoms. The highest BCUT2D eigenvalue weighted by Crippen LogP contribution is 2.26. The zero-order chi connectivity index (χ0) is 9.38. The number of anilines is 3. The van der Waals surface area contributed by atoms with Gasteiger partial charge in [-0.05, 0) is 12.1 Å². The summed E-state index contributed by atoms with van der Waals surface area (Å²) in [6.07, 6.45) is 1.65. The van der Waals surface area contributed by atoms with Gasteiger partial charge in [-0.15, -0.1) is 0 Å². The average molecular weight is 187 g/mol. The van der Waals surface area contributed by atoms with Crippen LogP contribution >= 0.6 is 0 Å². The number of hydrazine groups is 2. The first-order valence-electron chi connectivity index (χ1n) is 4.35. The normalized spacial score (nSPS) is 13.3. The molecule has 0 spiro atoms. The van der Waals surface area contributed by atoms with Crippen molar-refractivity contribution in [2.45, 2.75) is 0 Å². The van der Waals surface area contributed by atoms with Crippen LogP contribution in [-0.4, -0.2) is 9.97 Å². The van der Waals surface area contributed by atoms with Gasteiger partial charge in [0.15, 0.2) is 11.6 Å². The Morgan fingerprint density at radius 2 is 1.93 bits per heavy atom. The molecule has 0 aliphatic carbocycles. The summed E-state index contributed by atoms with van der Waals surface area (Å²) in [5.41, 5.74) is 7.29. The van der Waals surface area contributed by atoms with Crippen LogP contribution < -0.4 is 16.0 Å². The van der Waals surface area contributed by atoms with Crippen molar-refractivity contribution in [3.63, 3.8) is 0 Å². The van der Waals surface area contributed by atoms with Crippen molar-refractivity contribution in [3.05, 3.63) is 36.7 Å². The second-order valence-corrected chi connectivity index (χ2v) is 3.02. The number of nitrogens with one attached hydrogen (secondary N) is 3. The van der Waals surface area contributed by atoms with Crippen molar-refractivity contribution in [3.8, 4) is 0 Å². The summed E-state index contributed by atoms with van der Waals surface area (Å²) in [6, 6.07) is 9.96. The molecule has 2 aromatic rings. The van der Waals surface area contributed by atoms with E-state index < -0.39 is 0 Å². The molecule has 1 aliphatic rings.